The first-order valence-corrected chi connectivity index (χ1v) is 13.7. The Labute approximate surface area is 231 Å². The molecule has 0 spiro atoms. The van der Waals surface area contributed by atoms with Crippen molar-refractivity contribution in [2.75, 3.05) is 45.7 Å². The third-order valence-electron chi connectivity index (χ3n) is 8.22. The van der Waals surface area contributed by atoms with Crippen LogP contribution in [-0.2, 0) is 4.79 Å². The molecule has 1 aliphatic carbocycles. The molecule has 218 valence electrons. The molecule has 2 amide bonds. The monoisotopic (exact) mass is 563 g/mol. The van der Waals surface area contributed by atoms with E-state index in [2.05, 4.69) is 39.4 Å². The molecule has 0 aromatic heterocycles. The van der Waals surface area contributed by atoms with Crippen molar-refractivity contribution >= 4 is 29.3 Å². The number of methoxy groups -OCH3 is 1. The van der Waals surface area contributed by atoms with Gasteiger partial charge in [0.2, 0.25) is 5.96 Å². The Balaban J connectivity index is 1.37. The van der Waals surface area contributed by atoms with Gasteiger partial charge in [0.25, 0.3) is 11.8 Å². The molecule has 3 aliphatic heterocycles. The van der Waals surface area contributed by atoms with E-state index in [-0.39, 0.29) is 41.6 Å². The Kier molecular flexibility index (Phi) is 7.68. The molecular formula is C27H36F3N7O3. The minimum atomic E-state index is -3.56. The highest BCUT2D eigenvalue weighted by Gasteiger charge is 2.51. The maximum atomic E-state index is 15.1. The number of amides is 2. The molecule has 0 bridgehead atoms. The molecule has 1 aromatic carbocycles. The van der Waals surface area contributed by atoms with E-state index in [9.17, 15) is 18.4 Å². The number of likely N-dealkylation sites (tertiary alicyclic amines) is 1. The number of carbonyl (C=O) groups excluding carboxylic acids is 2. The van der Waals surface area contributed by atoms with Crippen molar-refractivity contribution in [1.29, 1.82) is 0 Å². The lowest BCUT2D eigenvalue weighted by atomic mass is 10.1. The Morgan fingerprint density at radius 2 is 1.90 bits per heavy atom. The SMILES string of the molecule is COc1cc(C(=O)NC2CN(C(C)C)C2)c(F)cc1NC1=NCC2C(=N1)N(C1CCCC1)CC(F)(F)C(=O)N2C. The van der Waals surface area contributed by atoms with E-state index in [0.717, 1.165) is 36.6 Å². The number of nitrogens with one attached hydrogen (secondary N) is 2. The molecule has 10 nitrogen and oxygen atoms in total. The Morgan fingerprint density at radius 3 is 2.55 bits per heavy atom. The van der Waals surface area contributed by atoms with Gasteiger partial charge in [0.05, 0.1) is 37.5 Å². The molecule has 1 atom stereocenters. The number of fused-ring (bicyclic) bond motifs is 1. The van der Waals surface area contributed by atoms with Crippen LogP contribution in [-0.4, -0.2) is 109 Å². The zero-order chi connectivity index (χ0) is 28.8. The lowest BCUT2D eigenvalue weighted by Gasteiger charge is -2.42. The minimum Gasteiger partial charge on any atom is -0.495 e. The summed E-state index contributed by atoms with van der Waals surface area (Å²) in [6, 6.07) is 1.87. The number of aliphatic imine (C=N–C) groups is 2. The number of likely N-dealkylation sites (N-methyl/N-ethyl adjacent to an activating group) is 1. The first-order chi connectivity index (χ1) is 19.0. The number of hydrogen-bond acceptors (Lipinski definition) is 8. The zero-order valence-corrected chi connectivity index (χ0v) is 23.2. The molecule has 3 fully saturated rings. The number of alkyl halides is 2. The average Bonchev–Trinajstić information content (AvgIpc) is 3.41. The van der Waals surface area contributed by atoms with Crippen LogP contribution in [0, 0.1) is 5.82 Å². The van der Waals surface area contributed by atoms with E-state index in [1.54, 1.807) is 4.90 Å². The van der Waals surface area contributed by atoms with Gasteiger partial charge in [0, 0.05) is 38.3 Å². The van der Waals surface area contributed by atoms with Gasteiger partial charge in [0.1, 0.15) is 23.4 Å². The van der Waals surface area contributed by atoms with Crippen molar-refractivity contribution < 1.29 is 27.5 Å². The van der Waals surface area contributed by atoms with E-state index in [4.69, 9.17) is 4.74 Å². The Hall–Kier alpha value is -3.35. The number of guanidine groups is 1. The number of benzene rings is 1. The number of halogens is 3. The summed E-state index contributed by atoms with van der Waals surface area (Å²) in [6.07, 6.45) is 3.30. The largest absolute Gasteiger partial charge is 0.495 e. The number of carbonyl (C=O) groups is 2. The van der Waals surface area contributed by atoms with Gasteiger partial charge < -0.3 is 25.2 Å². The third kappa shape index (κ3) is 5.35. The predicted molar refractivity (Wildman–Crippen MR) is 145 cm³/mol. The molecule has 0 radical (unpaired) electrons. The molecule has 1 aromatic rings. The number of nitrogens with zero attached hydrogens (tertiary/aromatic N) is 5. The van der Waals surface area contributed by atoms with E-state index in [1.807, 2.05) is 0 Å². The van der Waals surface area contributed by atoms with Crippen LogP contribution in [0.15, 0.2) is 22.1 Å². The van der Waals surface area contributed by atoms with Gasteiger partial charge >= 0.3 is 5.92 Å². The normalized spacial score (nSPS) is 23.8. The summed E-state index contributed by atoms with van der Waals surface area (Å²) in [6.45, 7) is 4.82. The van der Waals surface area contributed by atoms with Gasteiger partial charge in [-0.15, -0.1) is 0 Å². The quantitative estimate of drug-likeness (QED) is 0.552. The molecule has 2 saturated heterocycles. The number of rotatable bonds is 6. The maximum absolute atomic E-state index is 15.1. The predicted octanol–water partition coefficient (Wildman–Crippen LogP) is 2.56. The standard InChI is InChI=1S/C27H36F3N7O3/c1-15(2)36-12-16(13-36)32-24(38)18-9-22(40-4)20(10-19(18)28)33-26-31-11-21-23(34-26)37(17-7-5-6-8-17)14-27(29,30)25(39)35(21)3/h9-10,15-17,21H,5-8,11-14H2,1-4H3,(H,31,33)(H,32,38). The summed E-state index contributed by atoms with van der Waals surface area (Å²) in [5, 5.41) is 5.79. The van der Waals surface area contributed by atoms with Crippen molar-refractivity contribution in [3.63, 3.8) is 0 Å². The highest BCUT2D eigenvalue weighted by molar-refractivity contribution is 6.08. The molecule has 1 saturated carbocycles. The summed E-state index contributed by atoms with van der Waals surface area (Å²) in [5.74, 6) is -5.49. The van der Waals surface area contributed by atoms with Gasteiger partial charge in [-0.3, -0.25) is 14.5 Å². The Morgan fingerprint density at radius 1 is 1.20 bits per heavy atom. The van der Waals surface area contributed by atoms with Crippen molar-refractivity contribution in [2.24, 2.45) is 9.98 Å². The fourth-order valence-corrected chi connectivity index (χ4v) is 5.79. The Bertz CT molecular complexity index is 1230. The highest BCUT2D eigenvalue weighted by Crippen LogP contribution is 2.33. The third-order valence-corrected chi connectivity index (χ3v) is 8.22. The van der Waals surface area contributed by atoms with Crippen molar-refractivity contribution in [3.05, 3.63) is 23.5 Å². The van der Waals surface area contributed by atoms with Crippen LogP contribution in [0.3, 0.4) is 0 Å². The van der Waals surface area contributed by atoms with E-state index in [0.29, 0.717) is 25.0 Å². The molecular weight excluding hydrogens is 527 g/mol. The molecule has 3 heterocycles. The summed E-state index contributed by atoms with van der Waals surface area (Å²) in [7, 11) is 2.74. The van der Waals surface area contributed by atoms with E-state index >= 15 is 4.39 Å². The van der Waals surface area contributed by atoms with Crippen LogP contribution in [0.25, 0.3) is 0 Å². The highest BCUT2D eigenvalue weighted by atomic mass is 19.3. The second-order valence-electron chi connectivity index (χ2n) is 11.2. The summed E-state index contributed by atoms with van der Waals surface area (Å²) in [4.78, 5) is 39.0. The smallest absolute Gasteiger partial charge is 0.341 e. The van der Waals surface area contributed by atoms with Crippen LogP contribution >= 0.6 is 0 Å². The first kappa shape index (κ1) is 28.2. The van der Waals surface area contributed by atoms with Crippen LogP contribution in [0.2, 0.25) is 0 Å². The minimum absolute atomic E-state index is 0.0166. The lowest BCUT2D eigenvalue weighted by molar-refractivity contribution is -0.156. The van der Waals surface area contributed by atoms with Gasteiger partial charge in [-0.25, -0.2) is 9.38 Å². The molecule has 5 rings (SSSR count). The van der Waals surface area contributed by atoms with Crippen LogP contribution in [0.1, 0.15) is 49.9 Å². The van der Waals surface area contributed by atoms with Gasteiger partial charge in [-0.05, 0) is 32.8 Å². The van der Waals surface area contributed by atoms with Crippen LogP contribution in [0.4, 0.5) is 18.9 Å². The van der Waals surface area contributed by atoms with Crippen molar-refractivity contribution in [2.45, 2.75) is 69.6 Å². The van der Waals surface area contributed by atoms with E-state index in [1.165, 1.54) is 20.2 Å². The summed E-state index contributed by atoms with van der Waals surface area (Å²) >= 11 is 0. The van der Waals surface area contributed by atoms with Crippen LogP contribution < -0.4 is 15.4 Å². The fourth-order valence-electron chi connectivity index (χ4n) is 5.79. The van der Waals surface area contributed by atoms with E-state index < -0.39 is 36.1 Å². The molecule has 2 N–H and O–H groups in total. The topological polar surface area (TPSA) is 102 Å². The number of amidine groups is 1. The fraction of sp³-hybridized carbons (Fsp3) is 0.630. The first-order valence-electron chi connectivity index (χ1n) is 13.7. The van der Waals surface area contributed by atoms with Gasteiger partial charge in [-0.2, -0.15) is 13.8 Å². The second kappa shape index (κ2) is 10.9. The summed E-state index contributed by atoms with van der Waals surface area (Å²) in [5.41, 5.74) is 0.0319. The number of hydrogen-bond donors (Lipinski definition) is 2. The molecule has 1 unspecified atom stereocenters. The summed E-state index contributed by atoms with van der Waals surface area (Å²) < 4.78 is 50.3. The number of anilines is 1. The molecule has 4 aliphatic rings. The maximum Gasteiger partial charge on any atom is 0.341 e. The zero-order valence-electron chi connectivity index (χ0n) is 23.2. The lowest BCUT2D eigenvalue weighted by Crippen LogP contribution is -2.61. The second-order valence-corrected chi connectivity index (χ2v) is 11.2. The van der Waals surface area contributed by atoms with Crippen LogP contribution in [0.5, 0.6) is 5.75 Å². The van der Waals surface area contributed by atoms with Crippen molar-refractivity contribution in [3.8, 4) is 5.75 Å². The molecule has 13 heteroatoms. The number of ether oxygens (including phenoxy) is 1. The van der Waals surface area contributed by atoms with Crippen molar-refractivity contribution in [1.82, 2.24) is 20.0 Å². The van der Waals surface area contributed by atoms with Gasteiger partial charge in [0.15, 0.2) is 0 Å². The average molecular weight is 564 g/mol. The van der Waals surface area contributed by atoms with Gasteiger partial charge in [-0.1, -0.05) is 12.8 Å². The molecule has 40 heavy (non-hydrogen) atoms.